The summed E-state index contributed by atoms with van der Waals surface area (Å²) >= 11 is 0. The van der Waals surface area contributed by atoms with E-state index in [0.29, 0.717) is 31.4 Å². The van der Waals surface area contributed by atoms with E-state index in [1.165, 1.54) is 0 Å². The molecule has 0 aromatic carbocycles. The lowest BCUT2D eigenvalue weighted by Crippen LogP contribution is -2.71. The zero-order chi connectivity index (χ0) is 14.3. The first-order valence-corrected chi connectivity index (χ1v) is 7.77. The van der Waals surface area contributed by atoms with Crippen LogP contribution in [0.15, 0.2) is 0 Å². The van der Waals surface area contributed by atoms with E-state index < -0.39 is 5.54 Å². The molecule has 20 heavy (non-hydrogen) atoms. The van der Waals surface area contributed by atoms with Crippen LogP contribution < -0.4 is 5.32 Å². The Labute approximate surface area is 120 Å². The first-order chi connectivity index (χ1) is 9.57. The van der Waals surface area contributed by atoms with Crippen LogP contribution in [0.4, 0.5) is 0 Å². The van der Waals surface area contributed by atoms with Crippen molar-refractivity contribution < 1.29 is 14.3 Å². The summed E-state index contributed by atoms with van der Waals surface area (Å²) in [5.41, 5.74) is -0.647. The van der Waals surface area contributed by atoms with Crippen molar-refractivity contribution in [2.24, 2.45) is 11.8 Å². The number of hydrogen-bond donors (Lipinski definition) is 1. The second-order valence-corrected chi connectivity index (χ2v) is 6.53. The first kappa shape index (κ1) is 13.9. The fraction of sp³-hybridized carbons (Fsp3) is 0.867. The third-order valence-electron chi connectivity index (χ3n) is 5.14. The number of ether oxygens (including phenoxy) is 1. The summed E-state index contributed by atoms with van der Waals surface area (Å²) in [5.74, 6) is 0.825. The van der Waals surface area contributed by atoms with Gasteiger partial charge in [0, 0.05) is 19.1 Å². The zero-order valence-corrected chi connectivity index (χ0v) is 12.4. The third kappa shape index (κ3) is 2.12. The summed E-state index contributed by atoms with van der Waals surface area (Å²) in [7, 11) is 0. The standard InChI is InChI=1S/C15H24N2O3/c1-3-12-13(18)17(8-10-6-7-20-9-10)15(2,11-4-5-11)14(19)16-12/h10-12H,3-9H2,1-2H3,(H,16,19). The summed E-state index contributed by atoms with van der Waals surface area (Å²) < 4.78 is 5.42. The van der Waals surface area contributed by atoms with E-state index in [1.54, 1.807) is 0 Å². The van der Waals surface area contributed by atoms with Crippen LogP contribution in [0.2, 0.25) is 0 Å². The van der Waals surface area contributed by atoms with Gasteiger partial charge in [-0.1, -0.05) is 6.92 Å². The Hall–Kier alpha value is -1.10. The van der Waals surface area contributed by atoms with E-state index >= 15 is 0 Å². The SMILES string of the molecule is CCC1NC(=O)C(C)(C2CC2)N(CC2CCOC2)C1=O. The minimum Gasteiger partial charge on any atom is -0.381 e. The van der Waals surface area contributed by atoms with Crippen molar-refractivity contribution in [3.8, 4) is 0 Å². The molecular formula is C15H24N2O3. The Morgan fingerprint density at radius 3 is 2.65 bits per heavy atom. The molecule has 0 aromatic heterocycles. The Bertz CT molecular complexity index is 415. The highest BCUT2D eigenvalue weighted by atomic mass is 16.5. The maximum atomic E-state index is 12.7. The highest BCUT2D eigenvalue weighted by Gasteiger charge is 2.57. The number of carbonyl (C=O) groups is 2. The molecule has 3 fully saturated rings. The fourth-order valence-corrected chi connectivity index (χ4v) is 3.50. The van der Waals surface area contributed by atoms with Gasteiger partial charge in [0.25, 0.3) is 0 Å². The van der Waals surface area contributed by atoms with Crippen molar-refractivity contribution in [2.45, 2.75) is 51.1 Å². The van der Waals surface area contributed by atoms with Crippen LogP contribution in [0.5, 0.6) is 0 Å². The van der Waals surface area contributed by atoms with Crippen molar-refractivity contribution in [3.05, 3.63) is 0 Å². The molecule has 1 N–H and O–H groups in total. The van der Waals surface area contributed by atoms with E-state index in [0.717, 1.165) is 25.9 Å². The predicted molar refractivity (Wildman–Crippen MR) is 74.0 cm³/mol. The number of nitrogens with one attached hydrogen (secondary N) is 1. The van der Waals surface area contributed by atoms with Crippen molar-refractivity contribution in [1.82, 2.24) is 10.2 Å². The monoisotopic (exact) mass is 280 g/mol. The van der Waals surface area contributed by atoms with Crippen LogP contribution >= 0.6 is 0 Å². The van der Waals surface area contributed by atoms with Crippen molar-refractivity contribution in [1.29, 1.82) is 0 Å². The van der Waals surface area contributed by atoms with E-state index in [1.807, 2.05) is 18.7 Å². The zero-order valence-electron chi connectivity index (χ0n) is 12.4. The number of hydrogen-bond acceptors (Lipinski definition) is 3. The maximum absolute atomic E-state index is 12.7. The van der Waals surface area contributed by atoms with Crippen LogP contribution in [-0.4, -0.2) is 48.1 Å². The second-order valence-electron chi connectivity index (χ2n) is 6.53. The molecule has 112 valence electrons. The second kappa shape index (κ2) is 5.02. The Balaban J connectivity index is 1.85. The molecule has 0 aromatic rings. The topological polar surface area (TPSA) is 58.6 Å². The van der Waals surface area contributed by atoms with E-state index in [-0.39, 0.29) is 17.9 Å². The van der Waals surface area contributed by atoms with E-state index in [9.17, 15) is 9.59 Å². The molecule has 2 heterocycles. The van der Waals surface area contributed by atoms with Gasteiger partial charge in [0.1, 0.15) is 11.6 Å². The van der Waals surface area contributed by atoms with Gasteiger partial charge in [0.2, 0.25) is 11.8 Å². The highest BCUT2D eigenvalue weighted by Crippen LogP contribution is 2.45. The maximum Gasteiger partial charge on any atom is 0.246 e. The molecule has 2 saturated heterocycles. The molecule has 5 heteroatoms. The Morgan fingerprint density at radius 2 is 2.10 bits per heavy atom. The van der Waals surface area contributed by atoms with E-state index in [2.05, 4.69) is 5.32 Å². The van der Waals surface area contributed by atoms with Gasteiger partial charge in [-0.3, -0.25) is 9.59 Å². The quantitative estimate of drug-likeness (QED) is 0.833. The summed E-state index contributed by atoms with van der Waals surface area (Å²) in [6, 6.07) is -0.350. The molecule has 3 rings (SSSR count). The largest absolute Gasteiger partial charge is 0.381 e. The molecule has 0 radical (unpaired) electrons. The van der Waals surface area contributed by atoms with Gasteiger partial charge in [-0.2, -0.15) is 0 Å². The number of piperazine rings is 1. The lowest BCUT2D eigenvalue weighted by molar-refractivity contribution is -0.159. The van der Waals surface area contributed by atoms with Crippen LogP contribution in [0, 0.1) is 11.8 Å². The first-order valence-electron chi connectivity index (χ1n) is 7.77. The predicted octanol–water partition coefficient (Wildman–Crippen LogP) is 0.929. The molecule has 3 unspecified atom stereocenters. The van der Waals surface area contributed by atoms with Crippen molar-refractivity contribution >= 4 is 11.8 Å². The average molecular weight is 280 g/mol. The summed E-state index contributed by atoms with van der Waals surface area (Å²) in [4.78, 5) is 27.1. The molecule has 1 saturated carbocycles. The lowest BCUT2D eigenvalue weighted by Gasteiger charge is -2.47. The summed E-state index contributed by atoms with van der Waals surface area (Å²) in [5, 5.41) is 2.92. The van der Waals surface area contributed by atoms with Crippen LogP contribution in [0.1, 0.15) is 39.5 Å². The minimum atomic E-state index is -0.647. The van der Waals surface area contributed by atoms with Gasteiger partial charge >= 0.3 is 0 Å². The Kier molecular flexibility index (Phi) is 3.48. The molecule has 0 spiro atoms. The van der Waals surface area contributed by atoms with Gasteiger partial charge in [-0.05, 0) is 38.5 Å². The molecule has 3 atom stereocenters. The normalized spacial score (nSPS) is 38.2. The van der Waals surface area contributed by atoms with E-state index in [4.69, 9.17) is 4.74 Å². The molecule has 2 amide bonds. The number of amides is 2. The molecule has 3 aliphatic rings. The highest BCUT2D eigenvalue weighted by molar-refractivity contribution is 6.00. The summed E-state index contributed by atoms with van der Waals surface area (Å²) in [6.07, 6.45) is 3.74. The van der Waals surface area contributed by atoms with Gasteiger partial charge in [-0.25, -0.2) is 0 Å². The number of nitrogens with zero attached hydrogens (tertiary/aromatic N) is 1. The van der Waals surface area contributed by atoms with Gasteiger partial charge in [0.05, 0.1) is 6.61 Å². The molecular weight excluding hydrogens is 256 g/mol. The minimum absolute atomic E-state index is 0.0327. The van der Waals surface area contributed by atoms with Crippen LogP contribution in [0.25, 0.3) is 0 Å². The van der Waals surface area contributed by atoms with Crippen LogP contribution in [0.3, 0.4) is 0 Å². The fourth-order valence-electron chi connectivity index (χ4n) is 3.50. The summed E-state index contributed by atoms with van der Waals surface area (Å²) in [6.45, 7) is 6.04. The van der Waals surface area contributed by atoms with Gasteiger partial charge < -0.3 is 15.0 Å². The number of rotatable bonds is 4. The molecule has 0 bridgehead atoms. The average Bonchev–Trinajstić information content (AvgIpc) is 3.17. The Morgan fingerprint density at radius 1 is 1.35 bits per heavy atom. The smallest absolute Gasteiger partial charge is 0.246 e. The number of carbonyl (C=O) groups excluding carboxylic acids is 2. The van der Waals surface area contributed by atoms with Crippen LogP contribution in [-0.2, 0) is 14.3 Å². The van der Waals surface area contributed by atoms with Crippen molar-refractivity contribution in [3.63, 3.8) is 0 Å². The van der Waals surface area contributed by atoms with Crippen molar-refractivity contribution in [2.75, 3.05) is 19.8 Å². The molecule has 5 nitrogen and oxygen atoms in total. The molecule has 1 aliphatic carbocycles. The third-order valence-corrected chi connectivity index (χ3v) is 5.14. The molecule has 2 aliphatic heterocycles. The van der Waals surface area contributed by atoms with Gasteiger partial charge in [0.15, 0.2) is 0 Å². The lowest BCUT2D eigenvalue weighted by atomic mass is 9.86. The van der Waals surface area contributed by atoms with Gasteiger partial charge in [-0.15, -0.1) is 0 Å².